The van der Waals surface area contributed by atoms with Gasteiger partial charge in [0.1, 0.15) is 0 Å². The Labute approximate surface area is 123 Å². The average molecular weight is 357 g/mol. The molecule has 0 saturated carbocycles. The van der Waals surface area contributed by atoms with E-state index in [1.807, 2.05) is 0 Å². The number of halogens is 3. The average Bonchev–Trinajstić information content (AvgIpc) is 2.25. The van der Waals surface area contributed by atoms with E-state index in [0.29, 0.717) is 16.5 Å². The summed E-state index contributed by atoms with van der Waals surface area (Å²) in [5.41, 5.74) is 0.756. The summed E-state index contributed by atoms with van der Waals surface area (Å²) in [6.07, 6.45) is -1.72. The summed E-state index contributed by atoms with van der Waals surface area (Å²) in [7, 11) is 0. The number of carboxylic acid groups (broad SMARTS) is 1. The second-order valence-corrected chi connectivity index (χ2v) is 5.28. The van der Waals surface area contributed by atoms with Crippen LogP contribution in [0.25, 0.3) is 0 Å². The quantitative estimate of drug-likeness (QED) is 0.710. The summed E-state index contributed by atoms with van der Waals surface area (Å²) in [4.78, 5) is 10.7. The second kappa shape index (κ2) is 7.19. The molecule has 18 heavy (non-hydrogen) atoms. The molecule has 7 heteroatoms. The van der Waals surface area contributed by atoms with E-state index in [2.05, 4.69) is 21.2 Å². The summed E-state index contributed by atoms with van der Waals surface area (Å²) < 4.78 is 0. The molecule has 3 N–H and O–H groups in total. The SMILES string of the molecule is O=C(O)N[C@@H](Cc1cc(Cl)cc(Cl)c1)[C@H](O)CBr. The van der Waals surface area contributed by atoms with Crippen molar-refractivity contribution in [3.05, 3.63) is 33.8 Å². The molecule has 0 aliphatic heterocycles. The van der Waals surface area contributed by atoms with E-state index >= 15 is 0 Å². The monoisotopic (exact) mass is 355 g/mol. The molecule has 0 fully saturated rings. The molecule has 0 unspecified atom stereocenters. The molecule has 0 radical (unpaired) electrons. The molecule has 0 aliphatic rings. The molecule has 0 bridgehead atoms. The van der Waals surface area contributed by atoms with Crippen molar-refractivity contribution < 1.29 is 15.0 Å². The van der Waals surface area contributed by atoms with Crippen LogP contribution < -0.4 is 5.32 Å². The third-order valence-corrected chi connectivity index (χ3v) is 3.41. The van der Waals surface area contributed by atoms with Crippen molar-refractivity contribution in [3.8, 4) is 0 Å². The first kappa shape index (κ1) is 15.6. The number of rotatable bonds is 5. The van der Waals surface area contributed by atoms with E-state index in [-0.39, 0.29) is 5.33 Å². The Balaban J connectivity index is 2.84. The summed E-state index contributed by atoms with van der Waals surface area (Å²) in [5.74, 6) is 0. The van der Waals surface area contributed by atoms with Gasteiger partial charge in [0.25, 0.3) is 0 Å². The maximum Gasteiger partial charge on any atom is 0.404 e. The number of carbonyl (C=O) groups is 1. The Morgan fingerprint density at radius 1 is 1.33 bits per heavy atom. The van der Waals surface area contributed by atoms with Crippen LogP contribution >= 0.6 is 39.1 Å². The third kappa shape index (κ3) is 5.02. The van der Waals surface area contributed by atoms with Gasteiger partial charge in [-0.15, -0.1) is 0 Å². The van der Waals surface area contributed by atoms with E-state index in [9.17, 15) is 9.90 Å². The Morgan fingerprint density at radius 3 is 2.33 bits per heavy atom. The van der Waals surface area contributed by atoms with Crippen LogP contribution in [-0.2, 0) is 6.42 Å². The lowest BCUT2D eigenvalue weighted by Gasteiger charge is -2.21. The number of aliphatic hydroxyl groups excluding tert-OH is 1. The van der Waals surface area contributed by atoms with Crippen LogP contribution in [0.5, 0.6) is 0 Å². The summed E-state index contributed by atoms with van der Waals surface area (Å²) in [5, 5.41) is 21.9. The zero-order valence-electron chi connectivity index (χ0n) is 9.24. The van der Waals surface area contributed by atoms with Crippen LogP contribution in [0.15, 0.2) is 18.2 Å². The van der Waals surface area contributed by atoms with E-state index in [4.69, 9.17) is 28.3 Å². The second-order valence-electron chi connectivity index (χ2n) is 3.76. The first-order valence-corrected chi connectivity index (χ1v) is 6.98. The number of nitrogens with one attached hydrogen (secondary N) is 1. The largest absolute Gasteiger partial charge is 0.465 e. The molecule has 1 amide bonds. The number of aliphatic hydroxyl groups is 1. The molecule has 0 aliphatic carbocycles. The van der Waals surface area contributed by atoms with Gasteiger partial charge in [0.05, 0.1) is 12.1 Å². The molecule has 1 rings (SSSR count). The molecule has 4 nitrogen and oxygen atoms in total. The number of alkyl halides is 1. The Bertz CT molecular complexity index is 410. The Hall–Kier alpha value is -0.490. The molecule has 0 saturated heterocycles. The van der Waals surface area contributed by atoms with Crippen molar-refractivity contribution in [2.75, 3.05) is 5.33 Å². The van der Waals surface area contributed by atoms with Gasteiger partial charge in [-0.25, -0.2) is 4.79 Å². The maximum absolute atomic E-state index is 10.7. The van der Waals surface area contributed by atoms with Crippen LogP contribution in [0, 0.1) is 0 Å². The minimum Gasteiger partial charge on any atom is -0.465 e. The van der Waals surface area contributed by atoms with Gasteiger partial charge in [0, 0.05) is 15.4 Å². The molecule has 0 aromatic heterocycles. The van der Waals surface area contributed by atoms with Crippen molar-refractivity contribution in [1.82, 2.24) is 5.32 Å². The smallest absolute Gasteiger partial charge is 0.404 e. The number of hydrogen-bond donors (Lipinski definition) is 3. The zero-order chi connectivity index (χ0) is 13.7. The highest BCUT2D eigenvalue weighted by molar-refractivity contribution is 9.09. The summed E-state index contributed by atoms with van der Waals surface area (Å²) >= 11 is 14.8. The molecular formula is C11H12BrCl2NO3. The zero-order valence-corrected chi connectivity index (χ0v) is 12.3. The molecule has 100 valence electrons. The molecule has 2 atom stereocenters. The van der Waals surface area contributed by atoms with Gasteiger partial charge in [-0.05, 0) is 30.2 Å². The highest BCUT2D eigenvalue weighted by Crippen LogP contribution is 2.20. The lowest BCUT2D eigenvalue weighted by Crippen LogP contribution is -2.45. The molecule has 0 spiro atoms. The Morgan fingerprint density at radius 2 is 1.89 bits per heavy atom. The van der Waals surface area contributed by atoms with Gasteiger partial charge in [0.2, 0.25) is 0 Å². The fourth-order valence-corrected chi connectivity index (χ4v) is 2.55. The highest BCUT2D eigenvalue weighted by Gasteiger charge is 2.20. The van der Waals surface area contributed by atoms with Crippen LogP contribution in [0.2, 0.25) is 10.0 Å². The molecule has 1 aromatic rings. The normalized spacial score (nSPS) is 14.0. The first-order valence-electron chi connectivity index (χ1n) is 5.11. The van der Waals surface area contributed by atoms with Gasteiger partial charge in [0.15, 0.2) is 0 Å². The number of benzene rings is 1. The fourth-order valence-electron chi connectivity index (χ4n) is 1.53. The van der Waals surface area contributed by atoms with Crippen LogP contribution in [0.4, 0.5) is 4.79 Å². The minimum absolute atomic E-state index is 0.270. The predicted molar refractivity (Wildman–Crippen MR) is 74.9 cm³/mol. The van der Waals surface area contributed by atoms with Gasteiger partial charge in [-0.2, -0.15) is 0 Å². The van der Waals surface area contributed by atoms with Crippen LogP contribution in [0.3, 0.4) is 0 Å². The van der Waals surface area contributed by atoms with Crippen molar-refractivity contribution in [2.24, 2.45) is 0 Å². The van der Waals surface area contributed by atoms with Gasteiger partial charge in [-0.1, -0.05) is 39.1 Å². The highest BCUT2D eigenvalue weighted by atomic mass is 79.9. The van der Waals surface area contributed by atoms with Gasteiger partial charge < -0.3 is 15.5 Å². The number of amides is 1. The van der Waals surface area contributed by atoms with E-state index in [0.717, 1.165) is 5.56 Å². The predicted octanol–water partition coefficient (Wildman–Crippen LogP) is 2.93. The van der Waals surface area contributed by atoms with Crippen LogP contribution in [0.1, 0.15) is 5.56 Å². The van der Waals surface area contributed by atoms with Gasteiger partial charge in [-0.3, -0.25) is 0 Å². The molecular weight excluding hydrogens is 345 g/mol. The number of hydrogen-bond acceptors (Lipinski definition) is 2. The fraction of sp³-hybridized carbons (Fsp3) is 0.364. The third-order valence-electron chi connectivity index (χ3n) is 2.31. The van der Waals surface area contributed by atoms with Gasteiger partial charge >= 0.3 is 6.09 Å². The van der Waals surface area contributed by atoms with E-state index in [1.54, 1.807) is 18.2 Å². The van der Waals surface area contributed by atoms with E-state index < -0.39 is 18.2 Å². The van der Waals surface area contributed by atoms with Crippen molar-refractivity contribution >= 4 is 45.2 Å². The molecule has 1 aromatic carbocycles. The van der Waals surface area contributed by atoms with E-state index in [1.165, 1.54) is 0 Å². The topological polar surface area (TPSA) is 69.6 Å². The standard InChI is InChI=1S/C11H12BrCl2NO3/c12-5-10(16)9(15-11(17)18)3-6-1-7(13)4-8(14)2-6/h1-2,4,9-10,15-16H,3,5H2,(H,17,18)/t9-,10+/m0/s1. The maximum atomic E-state index is 10.7. The Kier molecular flexibility index (Phi) is 6.21. The van der Waals surface area contributed by atoms with Crippen molar-refractivity contribution in [1.29, 1.82) is 0 Å². The minimum atomic E-state index is -1.19. The van der Waals surface area contributed by atoms with Crippen molar-refractivity contribution in [3.63, 3.8) is 0 Å². The lowest BCUT2D eigenvalue weighted by molar-refractivity contribution is 0.137. The molecule has 0 heterocycles. The lowest BCUT2D eigenvalue weighted by atomic mass is 10.0. The van der Waals surface area contributed by atoms with Crippen molar-refractivity contribution in [2.45, 2.75) is 18.6 Å². The van der Waals surface area contributed by atoms with Crippen LogP contribution in [-0.4, -0.2) is 33.8 Å². The summed E-state index contributed by atoms with van der Waals surface area (Å²) in [6, 6.07) is 4.33. The summed E-state index contributed by atoms with van der Waals surface area (Å²) in [6.45, 7) is 0. The first-order chi connectivity index (χ1) is 8.42.